The zero-order valence-corrected chi connectivity index (χ0v) is 11.2. The monoisotopic (exact) mass is 260 g/mol. The summed E-state index contributed by atoms with van der Waals surface area (Å²) in [7, 11) is 1.82. The maximum absolute atomic E-state index is 11.9. The Kier molecular flexibility index (Phi) is 4.52. The molecule has 0 aliphatic rings. The number of para-hydroxylation sites is 2. The van der Waals surface area contributed by atoms with Crippen molar-refractivity contribution in [2.75, 3.05) is 20.1 Å². The number of nitrogens with two attached hydrogens (primary N) is 1. The van der Waals surface area contributed by atoms with Gasteiger partial charge >= 0.3 is 0 Å². The van der Waals surface area contributed by atoms with Crippen LogP contribution in [0.5, 0.6) is 0 Å². The van der Waals surface area contributed by atoms with Crippen molar-refractivity contribution in [3.8, 4) is 0 Å². The smallest absolute Gasteiger partial charge is 0.224 e. The molecule has 1 aromatic carbocycles. The van der Waals surface area contributed by atoms with Gasteiger partial charge in [-0.25, -0.2) is 4.98 Å². The van der Waals surface area contributed by atoms with Gasteiger partial charge in [0.15, 0.2) is 0 Å². The molecule has 0 aliphatic carbocycles. The van der Waals surface area contributed by atoms with Crippen molar-refractivity contribution >= 4 is 16.9 Å². The molecular weight excluding hydrogens is 240 g/mol. The lowest BCUT2D eigenvalue weighted by Crippen LogP contribution is -2.29. The van der Waals surface area contributed by atoms with Gasteiger partial charge in [-0.15, -0.1) is 0 Å². The van der Waals surface area contributed by atoms with E-state index in [1.54, 1.807) is 11.2 Å². The lowest BCUT2D eigenvalue weighted by Gasteiger charge is -2.16. The summed E-state index contributed by atoms with van der Waals surface area (Å²) in [6.07, 6.45) is 3.12. The number of hydrogen-bond acceptors (Lipinski definition) is 3. The number of nitrogens with zero attached hydrogens (tertiary/aromatic N) is 3. The van der Waals surface area contributed by atoms with Crippen molar-refractivity contribution in [3.05, 3.63) is 30.6 Å². The van der Waals surface area contributed by atoms with Crippen molar-refractivity contribution in [1.29, 1.82) is 0 Å². The van der Waals surface area contributed by atoms with Gasteiger partial charge in [-0.1, -0.05) is 12.1 Å². The number of carbonyl (C=O) groups excluding carboxylic acids is 1. The molecule has 2 N–H and O–H groups in total. The Balaban J connectivity index is 1.93. The van der Waals surface area contributed by atoms with Crippen LogP contribution in [-0.4, -0.2) is 40.5 Å². The van der Waals surface area contributed by atoms with Gasteiger partial charge in [0.05, 0.1) is 17.4 Å². The van der Waals surface area contributed by atoms with E-state index < -0.39 is 0 Å². The molecule has 0 aliphatic heterocycles. The highest BCUT2D eigenvalue weighted by molar-refractivity contribution is 5.77. The highest BCUT2D eigenvalue weighted by Crippen LogP contribution is 2.12. The molecule has 0 saturated heterocycles. The van der Waals surface area contributed by atoms with Crippen LogP contribution in [-0.2, 0) is 11.3 Å². The van der Waals surface area contributed by atoms with E-state index in [4.69, 9.17) is 5.73 Å². The largest absolute Gasteiger partial charge is 0.346 e. The number of hydrogen-bond donors (Lipinski definition) is 1. The maximum Gasteiger partial charge on any atom is 0.224 e. The van der Waals surface area contributed by atoms with E-state index in [1.165, 1.54) is 0 Å². The summed E-state index contributed by atoms with van der Waals surface area (Å²) in [6, 6.07) is 7.94. The molecule has 0 bridgehead atoms. The third-order valence-corrected chi connectivity index (χ3v) is 3.22. The summed E-state index contributed by atoms with van der Waals surface area (Å²) < 4.78 is 2.02. The highest BCUT2D eigenvalue weighted by Gasteiger charge is 2.09. The molecule has 0 fully saturated rings. The van der Waals surface area contributed by atoms with Crippen molar-refractivity contribution in [3.63, 3.8) is 0 Å². The fraction of sp³-hybridized carbons (Fsp3) is 0.429. The van der Waals surface area contributed by atoms with Crippen molar-refractivity contribution in [2.24, 2.45) is 5.73 Å². The van der Waals surface area contributed by atoms with Gasteiger partial charge in [-0.2, -0.15) is 0 Å². The Hall–Kier alpha value is -1.88. The number of carbonyl (C=O) groups is 1. The molecule has 0 saturated carbocycles. The third-order valence-electron chi connectivity index (χ3n) is 3.22. The van der Waals surface area contributed by atoms with Crippen LogP contribution in [0.3, 0.4) is 0 Å². The van der Waals surface area contributed by atoms with Gasteiger partial charge in [-0.3, -0.25) is 4.79 Å². The number of aryl methyl sites for hydroxylation is 1. The summed E-state index contributed by atoms with van der Waals surface area (Å²) in [4.78, 5) is 18.0. The molecule has 1 aromatic heterocycles. The Morgan fingerprint density at radius 1 is 1.42 bits per heavy atom. The first-order valence-electron chi connectivity index (χ1n) is 6.56. The quantitative estimate of drug-likeness (QED) is 0.849. The molecular formula is C14H20N4O. The van der Waals surface area contributed by atoms with Crippen LogP contribution < -0.4 is 5.73 Å². The zero-order chi connectivity index (χ0) is 13.7. The van der Waals surface area contributed by atoms with Crippen LogP contribution in [0.2, 0.25) is 0 Å². The average molecular weight is 260 g/mol. The van der Waals surface area contributed by atoms with E-state index >= 15 is 0 Å². The number of rotatable bonds is 6. The second-order valence-corrected chi connectivity index (χ2v) is 4.63. The van der Waals surface area contributed by atoms with E-state index in [1.807, 2.05) is 35.9 Å². The molecule has 19 heavy (non-hydrogen) atoms. The van der Waals surface area contributed by atoms with Gasteiger partial charge in [0.25, 0.3) is 0 Å². The van der Waals surface area contributed by atoms with Crippen molar-refractivity contribution in [2.45, 2.75) is 19.4 Å². The predicted molar refractivity (Wildman–Crippen MR) is 75.7 cm³/mol. The van der Waals surface area contributed by atoms with Gasteiger partial charge in [0.2, 0.25) is 5.91 Å². The molecule has 0 atom stereocenters. The SMILES string of the molecule is CN(CCCN)C(=O)CCn1cnc2ccccc21. The molecule has 1 heterocycles. The van der Waals surface area contributed by atoms with E-state index in [0.29, 0.717) is 19.5 Å². The number of aromatic nitrogens is 2. The first-order chi connectivity index (χ1) is 9.22. The Morgan fingerprint density at radius 2 is 2.21 bits per heavy atom. The van der Waals surface area contributed by atoms with Crippen molar-refractivity contribution in [1.82, 2.24) is 14.5 Å². The Labute approximate surface area is 113 Å². The molecule has 1 amide bonds. The second-order valence-electron chi connectivity index (χ2n) is 4.63. The summed E-state index contributed by atoms with van der Waals surface area (Å²) in [5.41, 5.74) is 7.47. The molecule has 5 nitrogen and oxygen atoms in total. The number of amides is 1. The van der Waals surface area contributed by atoms with Crippen LogP contribution >= 0.6 is 0 Å². The minimum Gasteiger partial charge on any atom is -0.346 e. The summed E-state index contributed by atoms with van der Waals surface area (Å²) in [6.45, 7) is 2.00. The molecule has 2 rings (SSSR count). The van der Waals surface area contributed by atoms with Crippen LogP contribution in [0, 0.1) is 0 Å². The molecule has 102 valence electrons. The normalized spacial score (nSPS) is 10.8. The van der Waals surface area contributed by atoms with E-state index in [2.05, 4.69) is 4.98 Å². The van der Waals surface area contributed by atoms with Gasteiger partial charge in [0, 0.05) is 26.6 Å². The van der Waals surface area contributed by atoms with Gasteiger partial charge < -0.3 is 15.2 Å². The number of imidazole rings is 1. The third kappa shape index (κ3) is 3.32. The number of benzene rings is 1. The van der Waals surface area contributed by atoms with Crippen LogP contribution in [0.25, 0.3) is 11.0 Å². The first kappa shape index (κ1) is 13.5. The summed E-state index contributed by atoms with van der Waals surface area (Å²) in [5.74, 6) is 0.145. The molecule has 2 aromatic rings. The van der Waals surface area contributed by atoms with Crippen molar-refractivity contribution < 1.29 is 4.79 Å². The second kappa shape index (κ2) is 6.33. The highest BCUT2D eigenvalue weighted by atomic mass is 16.2. The summed E-state index contributed by atoms with van der Waals surface area (Å²) >= 11 is 0. The lowest BCUT2D eigenvalue weighted by molar-refractivity contribution is -0.130. The molecule has 5 heteroatoms. The lowest BCUT2D eigenvalue weighted by atomic mass is 10.3. The van der Waals surface area contributed by atoms with E-state index in [9.17, 15) is 4.79 Å². The standard InChI is InChI=1S/C14H20N4O/c1-17(9-4-8-15)14(19)7-10-18-11-16-12-5-2-3-6-13(12)18/h2-3,5-6,11H,4,7-10,15H2,1H3. The molecule has 0 radical (unpaired) electrons. The minimum atomic E-state index is 0.145. The molecule has 0 unspecified atom stereocenters. The Morgan fingerprint density at radius 3 is 3.00 bits per heavy atom. The Bertz CT molecular complexity index is 549. The predicted octanol–water partition coefficient (Wildman–Crippen LogP) is 1.23. The average Bonchev–Trinajstić information content (AvgIpc) is 2.85. The van der Waals surface area contributed by atoms with Crippen LogP contribution in [0.4, 0.5) is 0 Å². The van der Waals surface area contributed by atoms with E-state index in [0.717, 1.165) is 24.0 Å². The minimum absolute atomic E-state index is 0.145. The fourth-order valence-corrected chi connectivity index (χ4v) is 2.05. The summed E-state index contributed by atoms with van der Waals surface area (Å²) in [5, 5.41) is 0. The maximum atomic E-state index is 11.9. The van der Waals surface area contributed by atoms with Gasteiger partial charge in [-0.05, 0) is 25.1 Å². The fourth-order valence-electron chi connectivity index (χ4n) is 2.05. The van der Waals surface area contributed by atoms with Crippen LogP contribution in [0.15, 0.2) is 30.6 Å². The topological polar surface area (TPSA) is 64.2 Å². The zero-order valence-electron chi connectivity index (χ0n) is 11.2. The van der Waals surface area contributed by atoms with E-state index in [-0.39, 0.29) is 5.91 Å². The van der Waals surface area contributed by atoms with Gasteiger partial charge in [0.1, 0.15) is 0 Å². The number of fused-ring (bicyclic) bond motifs is 1. The molecule has 0 spiro atoms. The van der Waals surface area contributed by atoms with Crippen LogP contribution in [0.1, 0.15) is 12.8 Å². The first-order valence-corrected chi connectivity index (χ1v) is 6.56.